The van der Waals surface area contributed by atoms with Gasteiger partial charge in [0.25, 0.3) is 5.91 Å². The maximum absolute atomic E-state index is 12.5. The number of ether oxygens (including phenoxy) is 1. The first kappa shape index (κ1) is 16.3. The van der Waals surface area contributed by atoms with E-state index >= 15 is 0 Å². The second-order valence-corrected chi connectivity index (χ2v) is 5.25. The standard InChI is InChI=1S/C16H23N3O3/c1-3-17-16(21)19-9-7-18(8-10-19)15(20)14-6-4-5-13(11-14)12-22-2/h4-6,11H,3,7-10,12H2,1-2H3,(H,17,21). The molecular formula is C16H23N3O3. The second-order valence-electron chi connectivity index (χ2n) is 5.25. The van der Waals surface area contributed by atoms with Crippen LogP contribution in [0.4, 0.5) is 4.79 Å². The molecule has 6 heteroatoms. The van der Waals surface area contributed by atoms with Gasteiger partial charge in [-0.1, -0.05) is 12.1 Å². The van der Waals surface area contributed by atoms with Crippen molar-refractivity contribution in [2.45, 2.75) is 13.5 Å². The zero-order chi connectivity index (χ0) is 15.9. The lowest BCUT2D eigenvalue weighted by molar-refractivity contribution is 0.0665. The Morgan fingerprint density at radius 1 is 1.18 bits per heavy atom. The maximum Gasteiger partial charge on any atom is 0.317 e. The summed E-state index contributed by atoms with van der Waals surface area (Å²) in [6, 6.07) is 7.43. The molecule has 0 bridgehead atoms. The number of hydrogen-bond acceptors (Lipinski definition) is 3. The summed E-state index contributed by atoms with van der Waals surface area (Å²) in [4.78, 5) is 27.8. The van der Waals surface area contributed by atoms with Gasteiger partial charge in [-0.15, -0.1) is 0 Å². The van der Waals surface area contributed by atoms with Crippen molar-refractivity contribution in [1.29, 1.82) is 0 Å². The molecule has 0 aromatic heterocycles. The zero-order valence-electron chi connectivity index (χ0n) is 13.2. The van der Waals surface area contributed by atoms with E-state index in [-0.39, 0.29) is 11.9 Å². The average molecular weight is 305 g/mol. The van der Waals surface area contributed by atoms with Gasteiger partial charge >= 0.3 is 6.03 Å². The molecule has 3 amide bonds. The second kappa shape index (κ2) is 7.79. The molecule has 1 heterocycles. The maximum atomic E-state index is 12.5. The van der Waals surface area contributed by atoms with Gasteiger partial charge < -0.3 is 19.9 Å². The number of nitrogens with zero attached hydrogens (tertiary/aromatic N) is 2. The number of carbonyl (C=O) groups is 2. The van der Waals surface area contributed by atoms with Gasteiger partial charge in [-0.3, -0.25) is 4.79 Å². The van der Waals surface area contributed by atoms with Crippen molar-refractivity contribution in [1.82, 2.24) is 15.1 Å². The summed E-state index contributed by atoms with van der Waals surface area (Å²) >= 11 is 0. The number of piperazine rings is 1. The van der Waals surface area contributed by atoms with Gasteiger partial charge in [0.2, 0.25) is 0 Å². The molecule has 1 aromatic carbocycles. The normalized spacial score (nSPS) is 14.8. The van der Waals surface area contributed by atoms with Crippen molar-refractivity contribution in [3.8, 4) is 0 Å². The molecule has 1 fully saturated rings. The van der Waals surface area contributed by atoms with E-state index in [1.54, 1.807) is 16.9 Å². The van der Waals surface area contributed by atoms with Gasteiger partial charge in [-0.05, 0) is 24.6 Å². The van der Waals surface area contributed by atoms with Crippen molar-refractivity contribution < 1.29 is 14.3 Å². The molecule has 22 heavy (non-hydrogen) atoms. The van der Waals surface area contributed by atoms with E-state index < -0.39 is 0 Å². The van der Waals surface area contributed by atoms with E-state index in [1.807, 2.05) is 31.2 Å². The van der Waals surface area contributed by atoms with Gasteiger partial charge in [-0.2, -0.15) is 0 Å². The van der Waals surface area contributed by atoms with Crippen LogP contribution in [0.15, 0.2) is 24.3 Å². The van der Waals surface area contributed by atoms with E-state index in [2.05, 4.69) is 5.32 Å². The summed E-state index contributed by atoms with van der Waals surface area (Å²) in [5.74, 6) is 0.00787. The molecular weight excluding hydrogens is 282 g/mol. The third kappa shape index (κ3) is 3.98. The molecule has 1 N–H and O–H groups in total. The number of rotatable bonds is 4. The zero-order valence-corrected chi connectivity index (χ0v) is 13.2. The van der Waals surface area contributed by atoms with Gasteiger partial charge in [0, 0.05) is 45.4 Å². The predicted octanol–water partition coefficient (Wildman–Crippen LogP) is 1.32. The Kier molecular flexibility index (Phi) is 5.77. The van der Waals surface area contributed by atoms with Crippen LogP contribution in [0.1, 0.15) is 22.8 Å². The number of amides is 3. The average Bonchev–Trinajstić information content (AvgIpc) is 2.55. The Labute approximate surface area is 131 Å². The molecule has 0 radical (unpaired) electrons. The van der Waals surface area contributed by atoms with E-state index in [4.69, 9.17) is 4.74 Å². The van der Waals surface area contributed by atoms with Gasteiger partial charge in [-0.25, -0.2) is 4.79 Å². The highest BCUT2D eigenvalue weighted by molar-refractivity contribution is 5.94. The molecule has 2 rings (SSSR count). The van der Waals surface area contributed by atoms with Gasteiger partial charge in [0.05, 0.1) is 6.61 Å². The molecule has 0 unspecified atom stereocenters. The Bertz CT molecular complexity index is 525. The highest BCUT2D eigenvalue weighted by Gasteiger charge is 2.24. The first-order chi connectivity index (χ1) is 10.7. The van der Waals surface area contributed by atoms with E-state index in [0.717, 1.165) is 5.56 Å². The van der Waals surface area contributed by atoms with Crippen LogP contribution in [0.5, 0.6) is 0 Å². The molecule has 120 valence electrons. The van der Waals surface area contributed by atoms with Gasteiger partial charge in [0.15, 0.2) is 0 Å². The quantitative estimate of drug-likeness (QED) is 0.912. The van der Waals surface area contributed by atoms with Crippen LogP contribution in [0.2, 0.25) is 0 Å². The SMILES string of the molecule is CCNC(=O)N1CCN(C(=O)c2cccc(COC)c2)CC1. The summed E-state index contributed by atoms with van der Waals surface area (Å²) < 4.78 is 5.10. The molecule has 6 nitrogen and oxygen atoms in total. The van der Waals surface area contributed by atoms with E-state index in [1.165, 1.54) is 0 Å². The third-order valence-electron chi connectivity index (χ3n) is 3.67. The largest absolute Gasteiger partial charge is 0.380 e. The summed E-state index contributed by atoms with van der Waals surface area (Å²) in [6.45, 7) is 5.25. The lowest BCUT2D eigenvalue weighted by Gasteiger charge is -2.34. The minimum absolute atomic E-state index is 0.00787. The molecule has 1 saturated heterocycles. The number of benzene rings is 1. The Balaban J connectivity index is 1.95. The van der Waals surface area contributed by atoms with Crippen molar-refractivity contribution in [2.75, 3.05) is 39.8 Å². The number of urea groups is 1. The molecule has 0 spiro atoms. The number of nitrogens with one attached hydrogen (secondary N) is 1. The monoisotopic (exact) mass is 305 g/mol. The minimum atomic E-state index is -0.0586. The van der Waals surface area contributed by atoms with Crippen LogP contribution in [-0.4, -0.2) is 61.6 Å². The fraction of sp³-hybridized carbons (Fsp3) is 0.500. The highest BCUT2D eigenvalue weighted by atomic mass is 16.5. The number of methoxy groups -OCH3 is 1. The van der Waals surface area contributed by atoms with Crippen LogP contribution < -0.4 is 5.32 Å². The molecule has 0 aliphatic carbocycles. The van der Waals surface area contributed by atoms with E-state index in [9.17, 15) is 9.59 Å². The summed E-state index contributed by atoms with van der Waals surface area (Å²) in [5, 5.41) is 2.78. The number of carbonyl (C=O) groups excluding carboxylic acids is 2. The van der Waals surface area contributed by atoms with Crippen LogP contribution in [0, 0.1) is 0 Å². The Morgan fingerprint density at radius 2 is 1.86 bits per heavy atom. The van der Waals surface area contributed by atoms with Crippen LogP contribution >= 0.6 is 0 Å². The summed E-state index contributed by atoms with van der Waals surface area (Å²) in [7, 11) is 1.63. The molecule has 1 aromatic rings. The van der Waals surface area contributed by atoms with E-state index in [0.29, 0.717) is 44.9 Å². The fourth-order valence-corrected chi connectivity index (χ4v) is 2.52. The van der Waals surface area contributed by atoms with Gasteiger partial charge in [0.1, 0.15) is 0 Å². The molecule has 1 aliphatic rings. The van der Waals surface area contributed by atoms with Crippen molar-refractivity contribution in [2.24, 2.45) is 0 Å². The smallest absolute Gasteiger partial charge is 0.317 e. The third-order valence-corrected chi connectivity index (χ3v) is 3.67. The van der Waals surface area contributed by atoms with Crippen LogP contribution in [0.25, 0.3) is 0 Å². The Hall–Kier alpha value is -2.08. The lowest BCUT2D eigenvalue weighted by atomic mass is 10.1. The molecule has 1 aliphatic heterocycles. The van der Waals surface area contributed by atoms with Crippen molar-refractivity contribution in [3.05, 3.63) is 35.4 Å². The van der Waals surface area contributed by atoms with Crippen LogP contribution in [0.3, 0.4) is 0 Å². The minimum Gasteiger partial charge on any atom is -0.380 e. The lowest BCUT2D eigenvalue weighted by Crippen LogP contribution is -2.53. The topological polar surface area (TPSA) is 61.9 Å². The van der Waals surface area contributed by atoms with Crippen molar-refractivity contribution >= 4 is 11.9 Å². The van der Waals surface area contributed by atoms with Crippen LogP contribution in [-0.2, 0) is 11.3 Å². The fourth-order valence-electron chi connectivity index (χ4n) is 2.52. The predicted molar refractivity (Wildman–Crippen MR) is 83.7 cm³/mol. The number of hydrogen-bond donors (Lipinski definition) is 1. The summed E-state index contributed by atoms with van der Waals surface area (Å²) in [6.07, 6.45) is 0. The highest BCUT2D eigenvalue weighted by Crippen LogP contribution is 2.12. The van der Waals surface area contributed by atoms with Crippen molar-refractivity contribution in [3.63, 3.8) is 0 Å². The first-order valence-electron chi connectivity index (χ1n) is 7.55. The summed E-state index contributed by atoms with van der Waals surface area (Å²) in [5.41, 5.74) is 1.65. The molecule has 0 saturated carbocycles. The molecule has 0 atom stereocenters. The first-order valence-corrected chi connectivity index (χ1v) is 7.55. The Morgan fingerprint density at radius 3 is 2.50 bits per heavy atom.